The third kappa shape index (κ3) is 5.49. The highest BCUT2D eigenvalue weighted by molar-refractivity contribution is 5.92. The van der Waals surface area contributed by atoms with Crippen LogP contribution in [0.1, 0.15) is 61.6 Å². The zero-order valence-electron chi connectivity index (χ0n) is 14.7. The molecule has 5 nitrogen and oxygen atoms in total. The number of amides is 1. The number of benzene rings is 1. The monoisotopic (exact) mass is 329 g/mol. The fraction of sp³-hybridized carbons (Fsp3) is 0.474. The molecule has 3 N–H and O–H groups in total. The van der Waals surface area contributed by atoms with Crippen molar-refractivity contribution in [2.24, 2.45) is 11.7 Å². The van der Waals surface area contributed by atoms with Gasteiger partial charge in [-0.2, -0.15) is 0 Å². The Kier molecular flexibility index (Phi) is 6.55. The molecule has 0 radical (unpaired) electrons. The maximum absolute atomic E-state index is 12.3. The Balaban J connectivity index is 1.84. The van der Waals surface area contributed by atoms with Crippen molar-refractivity contribution >= 4 is 5.91 Å². The average molecular weight is 329 g/mol. The first-order valence-electron chi connectivity index (χ1n) is 8.51. The lowest BCUT2D eigenvalue weighted by atomic mass is 10.0. The van der Waals surface area contributed by atoms with E-state index in [1.165, 1.54) is 11.8 Å². The lowest BCUT2D eigenvalue weighted by Gasteiger charge is -2.12. The van der Waals surface area contributed by atoms with E-state index in [9.17, 15) is 4.79 Å². The van der Waals surface area contributed by atoms with Crippen LogP contribution in [0.15, 0.2) is 41.0 Å². The molecule has 0 saturated carbocycles. The van der Waals surface area contributed by atoms with Gasteiger partial charge in [-0.05, 0) is 37.7 Å². The summed E-state index contributed by atoms with van der Waals surface area (Å²) in [5, 5.41) is 2.96. The Bertz CT molecular complexity index is 637. The molecule has 0 aliphatic heterocycles. The number of nitrogens with two attached hydrogens (primary N) is 1. The first-order valence-corrected chi connectivity index (χ1v) is 8.51. The predicted molar refractivity (Wildman–Crippen MR) is 94.6 cm³/mol. The highest BCUT2D eigenvalue weighted by atomic mass is 16.3. The lowest BCUT2D eigenvalue weighted by Crippen LogP contribution is -2.33. The summed E-state index contributed by atoms with van der Waals surface area (Å²) in [5.41, 5.74) is 7.59. The second-order valence-electron chi connectivity index (χ2n) is 6.71. The van der Waals surface area contributed by atoms with Gasteiger partial charge in [0.25, 0.3) is 5.91 Å². The number of nitrogens with zero attached hydrogens (tertiary/aromatic N) is 1. The molecule has 0 saturated heterocycles. The maximum atomic E-state index is 12.3. The molecule has 1 heterocycles. The minimum atomic E-state index is -0.276. The van der Waals surface area contributed by atoms with Crippen LogP contribution >= 0.6 is 0 Å². The summed E-state index contributed by atoms with van der Waals surface area (Å²) >= 11 is 0. The summed E-state index contributed by atoms with van der Waals surface area (Å²) in [5.74, 6) is 0.648. The van der Waals surface area contributed by atoms with E-state index in [2.05, 4.69) is 36.3 Å². The van der Waals surface area contributed by atoms with Crippen LogP contribution in [0, 0.1) is 5.92 Å². The normalized spacial score (nSPS) is 13.7. The number of oxazole rings is 1. The molecule has 1 aromatic carbocycles. The van der Waals surface area contributed by atoms with E-state index in [0.29, 0.717) is 11.8 Å². The van der Waals surface area contributed by atoms with Crippen LogP contribution in [0.5, 0.6) is 0 Å². The molecule has 2 aromatic rings. The molecule has 0 aliphatic rings. The third-order valence-electron chi connectivity index (χ3n) is 3.88. The van der Waals surface area contributed by atoms with E-state index in [-0.39, 0.29) is 23.7 Å². The third-order valence-corrected chi connectivity index (χ3v) is 3.88. The van der Waals surface area contributed by atoms with Gasteiger partial charge in [-0.1, -0.05) is 44.2 Å². The molecule has 0 aliphatic carbocycles. The van der Waals surface area contributed by atoms with Gasteiger partial charge in [0.15, 0.2) is 5.69 Å². The number of carbonyl (C=O) groups is 1. The van der Waals surface area contributed by atoms with Crippen LogP contribution < -0.4 is 11.1 Å². The average Bonchev–Trinajstić information content (AvgIpc) is 3.03. The SMILES string of the molecule is CC(C)CC(N)c1nc(C(=O)NC(C)CCc2ccccc2)co1. The van der Waals surface area contributed by atoms with Gasteiger partial charge in [-0.3, -0.25) is 4.79 Å². The van der Waals surface area contributed by atoms with Gasteiger partial charge in [0.2, 0.25) is 5.89 Å². The minimum Gasteiger partial charge on any atom is -0.446 e. The van der Waals surface area contributed by atoms with Crippen molar-refractivity contribution in [1.82, 2.24) is 10.3 Å². The van der Waals surface area contributed by atoms with Gasteiger partial charge in [0.1, 0.15) is 6.26 Å². The van der Waals surface area contributed by atoms with Crippen LogP contribution in [0.2, 0.25) is 0 Å². The van der Waals surface area contributed by atoms with E-state index >= 15 is 0 Å². The topological polar surface area (TPSA) is 81.1 Å². The highest BCUT2D eigenvalue weighted by Gasteiger charge is 2.18. The van der Waals surface area contributed by atoms with E-state index in [1.807, 2.05) is 25.1 Å². The van der Waals surface area contributed by atoms with Gasteiger partial charge in [0.05, 0.1) is 6.04 Å². The van der Waals surface area contributed by atoms with Crippen LogP contribution in [0.3, 0.4) is 0 Å². The zero-order valence-corrected chi connectivity index (χ0v) is 14.7. The fourth-order valence-corrected chi connectivity index (χ4v) is 2.57. The van der Waals surface area contributed by atoms with E-state index < -0.39 is 0 Å². The summed E-state index contributed by atoms with van der Waals surface area (Å²) in [6, 6.07) is 10.0. The second-order valence-corrected chi connectivity index (χ2v) is 6.71. The smallest absolute Gasteiger partial charge is 0.273 e. The molecular weight excluding hydrogens is 302 g/mol. The number of hydrogen-bond donors (Lipinski definition) is 2. The van der Waals surface area contributed by atoms with Crippen molar-refractivity contribution in [2.45, 2.75) is 52.1 Å². The van der Waals surface area contributed by atoms with Gasteiger partial charge in [-0.15, -0.1) is 0 Å². The first-order chi connectivity index (χ1) is 11.5. The Labute approximate surface area is 143 Å². The summed E-state index contributed by atoms with van der Waals surface area (Å²) < 4.78 is 5.36. The van der Waals surface area contributed by atoms with Gasteiger partial charge >= 0.3 is 0 Å². The second kappa shape index (κ2) is 8.64. The maximum Gasteiger partial charge on any atom is 0.273 e. The number of nitrogens with one attached hydrogen (secondary N) is 1. The Morgan fingerprint density at radius 1 is 1.25 bits per heavy atom. The number of carbonyl (C=O) groups excluding carboxylic acids is 1. The molecule has 130 valence electrons. The predicted octanol–water partition coefficient (Wildman–Crippen LogP) is 3.47. The molecule has 0 spiro atoms. The molecule has 0 bridgehead atoms. The fourth-order valence-electron chi connectivity index (χ4n) is 2.57. The number of aromatic nitrogens is 1. The summed E-state index contributed by atoms with van der Waals surface area (Å²) in [4.78, 5) is 16.5. The highest BCUT2D eigenvalue weighted by Crippen LogP contribution is 2.18. The molecule has 1 aromatic heterocycles. The Morgan fingerprint density at radius 2 is 1.96 bits per heavy atom. The van der Waals surface area contributed by atoms with Gasteiger partial charge in [-0.25, -0.2) is 4.98 Å². The summed E-state index contributed by atoms with van der Waals surface area (Å²) in [6.45, 7) is 6.17. The van der Waals surface area contributed by atoms with Crippen LogP contribution in [0.25, 0.3) is 0 Å². The van der Waals surface area contributed by atoms with Crippen molar-refractivity contribution in [2.75, 3.05) is 0 Å². The van der Waals surface area contributed by atoms with Gasteiger partial charge < -0.3 is 15.5 Å². The minimum absolute atomic E-state index is 0.0576. The standard InChI is InChI=1S/C19H27N3O2/c1-13(2)11-16(20)19-22-17(12-24-19)18(23)21-14(3)9-10-15-7-5-4-6-8-15/h4-8,12-14,16H,9-11,20H2,1-3H3,(H,21,23). The van der Waals surface area contributed by atoms with Crippen LogP contribution in [-0.4, -0.2) is 16.9 Å². The summed E-state index contributed by atoms with van der Waals surface area (Å²) in [6.07, 6.45) is 3.95. The van der Waals surface area contributed by atoms with Gasteiger partial charge in [0, 0.05) is 6.04 Å². The lowest BCUT2D eigenvalue weighted by molar-refractivity contribution is 0.0933. The van der Waals surface area contributed by atoms with Crippen LogP contribution in [0.4, 0.5) is 0 Å². The molecule has 1 amide bonds. The Hall–Kier alpha value is -2.14. The Morgan fingerprint density at radius 3 is 2.62 bits per heavy atom. The number of hydrogen-bond acceptors (Lipinski definition) is 4. The molecular formula is C19H27N3O2. The van der Waals surface area contributed by atoms with E-state index in [0.717, 1.165) is 19.3 Å². The van der Waals surface area contributed by atoms with Crippen molar-refractivity contribution in [3.05, 3.63) is 53.7 Å². The van der Waals surface area contributed by atoms with Crippen molar-refractivity contribution in [1.29, 1.82) is 0 Å². The number of rotatable bonds is 8. The van der Waals surface area contributed by atoms with Crippen molar-refractivity contribution in [3.63, 3.8) is 0 Å². The zero-order chi connectivity index (χ0) is 17.5. The molecule has 24 heavy (non-hydrogen) atoms. The summed E-state index contributed by atoms with van der Waals surface area (Å²) in [7, 11) is 0. The molecule has 5 heteroatoms. The first kappa shape index (κ1) is 18.2. The van der Waals surface area contributed by atoms with Crippen LogP contribution in [-0.2, 0) is 6.42 Å². The van der Waals surface area contributed by atoms with Crippen molar-refractivity contribution < 1.29 is 9.21 Å². The molecule has 0 fully saturated rings. The van der Waals surface area contributed by atoms with E-state index in [1.54, 1.807) is 0 Å². The largest absolute Gasteiger partial charge is 0.446 e. The van der Waals surface area contributed by atoms with E-state index in [4.69, 9.17) is 10.2 Å². The molecule has 2 unspecified atom stereocenters. The molecule has 2 atom stereocenters. The van der Waals surface area contributed by atoms with Crippen molar-refractivity contribution in [3.8, 4) is 0 Å². The number of aryl methyl sites for hydroxylation is 1. The quantitative estimate of drug-likeness (QED) is 0.777. The molecule has 2 rings (SSSR count).